The average Bonchev–Trinajstić information content (AvgIpc) is 2.91. The molecule has 0 saturated carbocycles. The molecule has 0 aliphatic rings. The first-order chi connectivity index (χ1) is 18.9. The highest BCUT2D eigenvalue weighted by Gasteiger charge is 2.33. The zero-order valence-electron chi connectivity index (χ0n) is 24.3. The van der Waals surface area contributed by atoms with E-state index in [1.54, 1.807) is 12.1 Å². The molecule has 0 radical (unpaired) electrons. The molecule has 0 fully saturated rings. The summed E-state index contributed by atoms with van der Waals surface area (Å²) in [5.41, 5.74) is 5.19. The Kier molecular flexibility index (Phi) is 10.5. The lowest BCUT2D eigenvalue weighted by molar-refractivity contribution is -0.140. The molecule has 0 aromatic heterocycles. The van der Waals surface area contributed by atoms with Crippen molar-refractivity contribution in [2.75, 3.05) is 17.1 Å². The van der Waals surface area contributed by atoms with Crippen molar-refractivity contribution in [1.82, 2.24) is 10.2 Å². The van der Waals surface area contributed by atoms with Gasteiger partial charge in [0.1, 0.15) is 12.6 Å². The summed E-state index contributed by atoms with van der Waals surface area (Å²) in [5, 5.41) is 3.04. The number of sulfonamides is 1. The van der Waals surface area contributed by atoms with Crippen LogP contribution in [0, 0.1) is 20.8 Å². The van der Waals surface area contributed by atoms with Gasteiger partial charge in [0.15, 0.2) is 0 Å². The monoisotopic (exact) mass is 563 g/mol. The molecular weight excluding hydrogens is 522 g/mol. The summed E-state index contributed by atoms with van der Waals surface area (Å²) in [6.45, 7) is 9.49. The summed E-state index contributed by atoms with van der Waals surface area (Å²) in [5.74, 6) is -0.722. The molecule has 0 spiro atoms. The number of carbonyl (C=O) groups is 2. The normalized spacial score (nSPS) is 12.8. The molecule has 40 heavy (non-hydrogen) atoms. The van der Waals surface area contributed by atoms with Gasteiger partial charge in [-0.15, -0.1) is 0 Å². The highest BCUT2D eigenvalue weighted by Crippen LogP contribution is 2.23. The number of anilines is 1. The zero-order valence-corrected chi connectivity index (χ0v) is 25.2. The van der Waals surface area contributed by atoms with E-state index in [0.29, 0.717) is 12.1 Å². The molecule has 2 amide bonds. The van der Waals surface area contributed by atoms with Crippen LogP contribution >= 0.6 is 0 Å². The number of aryl methyl sites for hydroxylation is 3. The minimum atomic E-state index is -3.80. The van der Waals surface area contributed by atoms with Crippen molar-refractivity contribution < 1.29 is 18.0 Å². The molecule has 1 N–H and O–H groups in total. The molecule has 3 aromatic rings. The summed E-state index contributed by atoms with van der Waals surface area (Å²) >= 11 is 0. The fourth-order valence-corrected chi connectivity index (χ4v) is 5.22. The summed E-state index contributed by atoms with van der Waals surface area (Å²) in [7, 11) is -3.80. The molecule has 8 heteroatoms. The van der Waals surface area contributed by atoms with Gasteiger partial charge in [-0.1, -0.05) is 73.2 Å². The van der Waals surface area contributed by atoms with Crippen LogP contribution < -0.4 is 9.62 Å². The highest BCUT2D eigenvalue weighted by atomic mass is 32.2. The molecule has 3 aromatic carbocycles. The molecule has 0 aliphatic heterocycles. The zero-order chi connectivity index (χ0) is 29.4. The van der Waals surface area contributed by atoms with Crippen molar-refractivity contribution in [3.8, 4) is 0 Å². The third-order valence-electron chi connectivity index (χ3n) is 7.20. The van der Waals surface area contributed by atoms with Crippen LogP contribution in [0.15, 0.2) is 72.8 Å². The predicted octanol–water partition coefficient (Wildman–Crippen LogP) is 4.93. The van der Waals surface area contributed by atoms with Crippen LogP contribution in [0.3, 0.4) is 0 Å². The third kappa shape index (κ3) is 8.42. The second-order valence-corrected chi connectivity index (χ2v) is 12.5. The Hall–Kier alpha value is -3.65. The molecule has 0 bridgehead atoms. The average molecular weight is 564 g/mol. The van der Waals surface area contributed by atoms with E-state index in [1.807, 2.05) is 95.3 Å². The van der Waals surface area contributed by atoms with Gasteiger partial charge in [-0.3, -0.25) is 13.9 Å². The summed E-state index contributed by atoms with van der Waals surface area (Å²) < 4.78 is 27.0. The molecule has 2 atom stereocenters. The topological polar surface area (TPSA) is 86.8 Å². The third-order valence-corrected chi connectivity index (χ3v) is 8.34. The maximum absolute atomic E-state index is 14.1. The number of rotatable bonds is 12. The van der Waals surface area contributed by atoms with E-state index < -0.39 is 28.5 Å². The molecule has 7 nitrogen and oxygen atoms in total. The van der Waals surface area contributed by atoms with E-state index >= 15 is 0 Å². The van der Waals surface area contributed by atoms with Gasteiger partial charge in [-0.05, 0) is 68.5 Å². The first-order valence-corrected chi connectivity index (χ1v) is 15.5. The van der Waals surface area contributed by atoms with Crippen molar-refractivity contribution in [3.05, 3.63) is 101 Å². The van der Waals surface area contributed by atoms with Gasteiger partial charge in [0.05, 0.1) is 11.9 Å². The number of benzene rings is 3. The summed E-state index contributed by atoms with van der Waals surface area (Å²) in [6.07, 6.45) is 2.13. The largest absolute Gasteiger partial charge is 0.352 e. The van der Waals surface area contributed by atoms with Crippen LogP contribution in [0.1, 0.15) is 48.1 Å². The quantitative estimate of drug-likeness (QED) is 0.339. The van der Waals surface area contributed by atoms with Gasteiger partial charge >= 0.3 is 0 Å². The molecule has 3 rings (SSSR count). The number of nitrogens with one attached hydrogen (secondary N) is 1. The van der Waals surface area contributed by atoms with E-state index in [1.165, 1.54) is 4.90 Å². The highest BCUT2D eigenvalue weighted by molar-refractivity contribution is 7.92. The van der Waals surface area contributed by atoms with Gasteiger partial charge in [-0.2, -0.15) is 0 Å². The SMILES string of the molecule is CC[C@@H](C)NC(=O)[C@H](Cc1ccccc1)N(Cc1ccc(C)cc1)C(=O)CN(c1ccc(C)c(C)c1)S(C)(=O)=O. The Labute approximate surface area is 239 Å². The first-order valence-electron chi connectivity index (χ1n) is 13.6. The lowest BCUT2D eigenvalue weighted by Crippen LogP contribution is -2.54. The fourth-order valence-electron chi connectivity index (χ4n) is 4.38. The van der Waals surface area contributed by atoms with Crippen molar-refractivity contribution >= 4 is 27.5 Å². The van der Waals surface area contributed by atoms with Crippen LogP contribution in [-0.4, -0.2) is 50.0 Å². The summed E-state index contributed by atoms with van der Waals surface area (Å²) in [6, 6.07) is 21.7. The van der Waals surface area contributed by atoms with Crippen LogP contribution in [0.2, 0.25) is 0 Å². The molecule has 0 saturated heterocycles. The second kappa shape index (κ2) is 13.6. The standard InChI is InChI=1S/C32H41N3O4S/c1-7-26(5)33-32(37)30(20-27-11-9-8-10-12-27)34(21-28-16-13-23(2)14-17-28)31(36)22-35(40(6,38)39)29-18-15-24(3)25(4)19-29/h8-19,26,30H,7,20-22H2,1-6H3,(H,33,37)/t26-,30+/m1/s1. The second-order valence-electron chi connectivity index (χ2n) is 10.6. The number of carbonyl (C=O) groups excluding carboxylic acids is 2. The maximum atomic E-state index is 14.1. The Morgan fingerprint density at radius 3 is 2.10 bits per heavy atom. The first kappa shape index (κ1) is 30.9. The molecule has 0 unspecified atom stereocenters. The molecular formula is C32H41N3O4S. The van der Waals surface area contributed by atoms with Crippen molar-refractivity contribution in [1.29, 1.82) is 0 Å². The van der Waals surface area contributed by atoms with Gasteiger partial charge < -0.3 is 10.2 Å². The molecule has 214 valence electrons. The Balaban J connectivity index is 2.06. The summed E-state index contributed by atoms with van der Waals surface area (Å²) in [4.78, 5) is 29.4. The lowest BCUT2D eigenvalue weighted by Gasteiger charge is -2.34. The number of amides is 2. The van der Waals surface area contributed by atoms with Crippen molar-refractivity contribution in [2.24, 2.45) is 0 Å². The van der Waals surface area contributed by atoms with Crippen LogP contribution in [0.4, 0.5) is 5.69 Å². The van der Waals surface area contributed by atoms with Crippen LogP contribution in [-0.2, 0) is 32.6 Å². The van der Waals surface area contributed by atoms with E-state index in [2.05, 4.69) is 5.32 Å². The van der Waals surface area contributed by atoms with Gasteiger partial charge in [0, 0.05) is 19.0 Å². The van der Waals surface area contributed by atoms with Gasteiger partial charge in [-0.25, -0.2) is 8.42 Å². The van der Waals surface area contributed by atoms with Crippen LogP contribution in [0.25, 0.3) is 0 Å². The van der Waals surface area contributed by atoms with E-state index in [9.17, 15) is 18.0 Å². The van der Waals surface area contributed by atoms with E-state index in [-0.39, 0.29) is 18.5 Å². The van der Waals surface area contributed by atoms with Crippen molar-refractivity contribution in [3.63, 3.8) is 0 Å². The lowest BCUT2D eigenvalue weighted by atomic mass is 10.0. The van der Waals surface area contributed by atoms with E-state index in [0.717, 1.165) is 44.8 Å². The minimum Gasteiger partial charge on any atom is -0.352 e. The van der Waals surface area contributed by atoms with Crippen LogP contribution in [0.5, 0.6) is 0 Å². The predicted molar refractivity (Wildman–Crippen MR) is 162 cm³/mol. The Morgan fingerprint density at radius 1 is 0.875 bits per heavy atom. The molecule has 0 aliphatic carbocycles. The number of hydrogen-bond acceptors (Lipinski definition) is 4. The maximum Gasteiger partial charge on any atom is 0.244 e. The smallest absolute Gasteiger partial charge is 0.244 e. The Bertz CT molecular complexity index is 1410. The van der Waals surface area contributed by atoms with Crippen molar-refractivity contribution in [2.45, 2.75) is 66.1 Å². The Morgan fingerprint density at radius 2 is 1.52 bits per heavy atom. The number of hydrogen-bond donors (Lipinski definition) is 1. The van der Waals surface area contributed by atoms with Gasteiger partial charge in [0.25, 0.3) is 0 Å². The minimum absolute atomic E-state index is 0.0786. The van der Waals surface area contributed by atoms with Gasteiger partial charge in [0.2, 0.25) is 21.8 Å². The van der Waals surface area contributed by atoms with E-state index in [4.69, 9.17) is 0 Å². The molecule has 0 heterocycles. The number of nitrogens with zero attached hydrogens (tertiary/aromatic N) is 2. The fraction of sp³-hybridized carbons (Fsp3) is 0.375.